The summed E-state index contributed by atoms with van der Waals surface area (Å²) in [6.07, 6.45) is 2.88. The number of hydrogen-bond acceptors (Lipinski definition) is 3. The molecular formula is C14H24N2O4. The van der Waals surface area contributed by atoms with E-state index >= 15 is 0 Å². The van der Waals surface area contributed by atoms with Crippen molar-refractivity contribution in [3.63, 3.8) is 0 Å². The van der Waals surface area contributed by atoms with Gasteiger partial charge in [-0.2, -0.15) is 0 Å². The second kappa shape index (κ2) is 5.60. The van der Waals surface area contributed by atoms with Gasteiger partial charge < -0.3 is 20.1 Å². The lowest BCUT2D eigenvalue weighted by molar-refractivity contribution is -0.154. The van der Waals surface area contributed by atoms with Crippen molar-refractivity contribution in [3.8, 4) is 0 Å². The number of nitrogens with zero attached hydrogens (tertiary/aromatic N) is 1. The SMILES string of the molecule is CC1(C)CCCN1C(=O)NCC1(C(=O)O)CCOCC1. The summed E-state index contributed by atoms with van der Waals surface area (Å²) in [5, 5.41) is 12.3. The van der Waals surface area contributed by atoms with Crippen LogP contribution in [0.4, 0.5) is 4.79 Å². The van der Waals surface area contributed by atoms with Crippen molar-refractivity contribution < 1.29 is 19.4 Å². The van der Waals surface area contributed by atoms with Crippen LogP contribution < -0.4 is 5.32 Å². The molecule has 2 aliphatic heterocycles. The van der Waals surface area contributed by atoms with Gasteiger partial charge in [0.2, 0.25) is 0 Å². The van der Waals surface area contributed by atoms with Crippen molar-refractivity contribution in [1.29, 1.82) is 0 Å². The standard InChI is InChI=1S/C14H24N2O4/c1-13(2)4-3-7-16(13)12(19)15-10-14(11(17)18)5-8-20-9-6-14/h3-10H2,1-2H3,(H,15,19)(H,17,18). The Labute approximate surface area is 119 Å². The highest BCUT2D eigenvalue weighted by molar-refractivity contribution is 5.78. The van der Waals surface area contributed by atoms with Gasteiger partial charge in [-0.25, -0.2) is 4.79 Å². The van der Waals surface area contributed by atoms with Gasteiger partial charge in [-0.3, -0.25) is 4.79 Å². The summed E-state index contributed by atoms with van der Waals surface area (Å²) in [7, 11) is 0. The zero-order valence-electron chi connectivity index (χ0n) is 12.3. The van der Waals surface area contributed by atoms with Crippen LogP contribution >= 0.6 is 0 Å². The molecule has 2 heterocycles. The number of nitrogens with one attached hydrogen (secondary N) is 1. The molecule has 114 valence electrons. The Kier molecular flexibility index (Phi) is 4.22. The molecule has 0 unspecified atom stereocenters. The number of likely N-dealkylation sites (tertiary alicyclic amines) is 1. The Morgan fingerprint density at radius 1 is 1.25 bits per heavy atom. The first kappa shape index (κ1) is 15.1. The number of carbonyl (C=O) groups is 2. The Hall–Kier alpha value is -1.30. The summed E-state index contributed by atoms with van der Waals surface area (Å²) in [6, 6.07) is -0.153. The predicted octanol–water partition coefficient (Wildman–Crippen LogP) is 1.45. The van der Waals surface area contributed by atoms with Crippen molar-refractivity contribution in [2.75, 3.05) is 26.3 Å². The first-order chi connectivity index (χ1) is 9.37. The van der Waals surface area contributed by atoms with E-state index in [9.17, 15) is 14.7 Å². The first-order valence-electron chi connectivity index (χ1n) is 7.24. The number of carboxylic acid groups (broad SMARTS) is 1. The van der Waals surface area contributed by atoms with Crippen LogP contribution in [0.5, 0.6) is 0 Å². The maximum Gasteiger partial charge on any atom is 0.317 e. The third kappa shape index (κ3) is 2.90. The van der Waals surface area contributed by atoms with Crippen molar-refractivity contribution in [2.24, 2.45) is 5.41 Å². The highest BCUT2D eigenvalue weighted by atomic mass is 16.5. The molecule has 20 heavy (non-hydrogen) atoms. The van der Waals surface area contributed by atoms with Gasteiger partial charge in [0.05, 0.1) is 5.41 Å². The Balaban J connectivity index is 1.96. The highest BCUT2D eigenvalue weighted by Crippen LogP contribution is 2.31. The summed E-state index contributed by atoms with van der Waals surface area (Å²) in [5.41, 5.74) is -1.02. The molecule has 0 aromatic carbocycles. The van der Waals surface area contributed by atoms with E-state index in [4.69, 9.17) is 4.74 Å². The van der Waals surface area contributed by atoms with Crippen molar-refractivity contribution in [1.82, 2.24) is 10.2 Å². The van der Waals surface area contributed by atoms with Crippen molar-refractivity contribution in [2.45, 2.75) is 45.1 Å². The molecule has 0 aliphatic carbocycles. The number of ether oxygens (including phenoxy) is 1. The van der Waals surface area contributed by atoms with Gasteiger partial charge in [0.15, 0.2) is 0 Å². The quantitative estimate of drug-likeness (QED) is 0.822. The predicted molar refractivity (Wildman–Crippen MR) is 73.5 cm³/mol. The molecule has 2 rings (SSSR count). The van der Waals surface area contributed by atoms with Crippen LogP contribution in [0.3, 0.4) is 0 Å². The first-order valence-corrected chi connectivity index (χ1v) is 7.24. The molecule has 2 saturated heterocycles. The molecular weight excluding hydrogens is 260 g/mol. The molecule has 0 spiro atoms. The molecule has 0 saturated carbocycles. The minimum Gasteiger partial charge on any atom is -0.481 e. The van der Waals surface area contributed by atoms with Crippen LogP contribution in [0.2, 0.25) is 0 Å². The maximum absolute atomic E-state index is 12.3. The normalized spacial score (nSPS) is 24.4. The molecule has 0 aromatic heterocycles. The van der Waals surface area contributed by atoms with E-state index in [1.54, 1.807) is 0 Å². The van der Waals surface area contributed by atoms with Gasteiger partial charge >= 0.3 is 12.0 Å². The van der Waals surface area contributed by atoms with E-state index in [2.05, 4.69) is 5.32 Å². The van der Waals surface area contributed by atoms with E-state index in [0.29, 0.717) is 26.1 Å². The van der Waals surface area contributed by atoms with Crippen LogP contribution in [-0.2, 0) is 9.53 Å². The summed E-state index contributed by atoms with van der Waals surface area (Å²) >= 11 is 0. The largest absolute Gasteiger partial charge is 0.481 e. The van der Waals surface area contributed by atoms with Gasteiger partial charge in [0, 0.05) is 31.8 Å². The Morgan fingerprint density at radius 3 is 2.40 bits per heavy atom. The number of hydrogen-bond donors (Lipinski definition) is 2. The number of carbonyl (C=O) groups excluding carboxylic acids is 1. The Morgan fingerprint density at radius 2 is 1.90 bits per heavy atom. The van der Waals surface area contributed by atoms with Gasteiger partial charge in [0.25, 0.3) is 0 Å². The molecule has 0 bridgehead atoms. The fourth-order valence-electron chi connectivity index (χ4n) is 3.05. The molecule has 2 amide bonds. The fraction of sp³-hybridized carbons (Fsp3) is 0.857. The highest BCUT2D eigenvalue weighted by Gasteiger charge is 2.42. The minimum atomic E-state index is -0.877. The van der Waals surface area contributed by atoms with Gasteiger partial charge in [-0.1, -0.05) is 0 Å². The molecule has 2 aliphatic rings. The summed E-state index contributed by atoms with van der Waals surface area (Å²) in [4.78, 5) is 25.6. The van der Waals surface area contributed by atoms with Crippen LogP contribution in [0.25, 0.3) is 0 Å². The molecule has 0 radical (unpaired) electrons. The fourth-order valence-corrected chi connectivity index (χ4v) is 3.05. The van der Waals surface area contributed by atoms with E-state index in [-0.39, 0.29) is 18.1 Å². The summed E-state index contributed by atoms with van der Waals surface area (Å²) < 4.78 is 5.23. The van der Waals surface area contributed by atoms with Crippen LogP contribution in [0.1, 0.15) is 39.5 Å². The van der Waals surface area contributed by atoms with Gasteiger partial charge in [-0.15, -0.1) is 0 Å². The zero-order chi connectivity index (χ0) is 14.8. The number of rotatable bonds is 3. The lowest BCUT2D eigenvalue weighted by Gasteiger charge is -2.36. The topological polar surface area (TPSA) is 78.9 Å². The molecule has 2 N–H and O–H groups in total. The molecule has 0 aromatic rings. The van der Waals surface area contributed by atoms with E-state index in [0.717, 1.165) is 19.4 Å². The number of carboxylic acids is 1. The third-order valence-corrected chi connectivity index (χ3v) is 4.63. The van der Waals surface area contributed by atoms with E-state index in [1.807, 2.05) is 18.7 Å². The average molecular weight is 284 g/mol. The lowest BCUT2D eigenvalue weighted by atomic mass is 9.80. The second-order valence-electron chi connectivity index (χ2n) is 6.42. The second-order valence-corrected chi connectivity index (χ2v) is 6.42. The Bertz CT molecular complexity index is 389. The average Bonchev–Trinajstić information content (AvgIpc) is 2.76. The van der Waals surface area contributed by atoms with Gasteiger partial charge in [0.1, 0.15) is 0 Å². The van der Waals surface area contributed by atoms with Crippen LogP contribution in [-0.4, -0.2) is 53.8 Å². The molecule has 6 heteroatoms. The molecule has 0 atom stereocenters. The zero-order valence-corrected chi connectivity index (χ0v) is 12.3. The number of urea groups is 1. The maximum atomic E-state index is 12.3. The number of aliphatic carboxylic acids is 1. The van der Waals surface area contributed by atoms with Crippen molar-refractivity contribution in [3.05, 3.63) is 0 Å². The van der Waals surface area contributed by atoms with Crippen LogP contribution in [0.15, 0.2) is 0 Å². The smallest absolute Gasteiger partial charge is 0.317 e. The molecule has 6 nitrogen and oxygen atoms in total. The van der Waals surface area contributed by atoms with Crippen molar-refractivity contribution >= 4 is 12.0 Å². The lowest BCUT2D eigenvalue weighted by Crippen LogP contribution is -2.52. The summed E-state index contributed by atoms with van der Waals surface area (Å²) in [5.74, 6) is -0.846. The summed E-state index contributed by atoms with van der Waals surface area (Å²) in [6.45, 7) is 5.88. The minimum absolute atomic E-state index is 0.143. The molecule has 2 fully saturated rings. The van der Waals surface area contributed by atoms with Gasteiger partial charge in [-0.05, 0) is 39.5 Å². The number of amides is 2. The third-order valence-electron chi connectivity index (χ3n) is 4.63. The monoisotopic (exact) mass is 284 g/mol. The van der Waals surface area contributed by atoms with E-state index < -0.39 is 11.4 Å². The van der Waals surface area contributed by atoms with Crippen LogP contribution in [0, 0.1) is 5.41 Å². The van der Waals surface area contributed by atoms with E-state index in [1.165, 1.54) is 0 Å².